The maximum Gasteiger partial charge on any atom is 0.293 e. The van der Waals surface area contributed by atoms with E-state index in [1.54, 1.807) is 0 Å². The van der Waals surface area contributed by atoms with E-state index in [4.69, 9.17) is 0 Å². The van der Waals surface area contributed by atoms with Crippen LogP contribution >= 0.6 is 0 Å². The van der Waals surface area contributed by atoms with E-state index in [2.05, 4.69) is 15.3 Å². The Morgan fingerprint density at radius 1 is 1.24 bits per heavy atom. The predicted molar refractivity (Wildman–Crippen MR) is 94.5 cm³/mol. The van der Waals surface area contributed by atoms with Crippen LogP contribution in [0.25, 0.3) is 11.0 Å². The number of hydrogen-bond donors (Lipinski definition) is 2. The number of nitrogens with one attached hydrogen (secondary N) is 2. The van der Waals surface area contributed by atoms with Crippen molar-refractivity contribution in [2.24, 2.45) is 0 Å². The second kappa shape index (κ2) is 6.52. The van der Waals surface area contributed by atoms with Gasteiger partial charge in [-0.15, -0.1) is 0 Å². The lowest BCUT2D eigenvalue weighted by Crippen LogP contribution is -2.08. The summed E-state index contributed by atoms with van der Waals surface area (Å²) in [6, 6.07) is 11.5. The van der Waals surface area contributed by atoms with Gasteiger partial charge in [0.25, 0.3) is 5.69 Å². The van der Waals surface area contributed by atoms with Gasteiger partial charge in [0.2, 0.25) is 0 Å². The Bertz CT molecular complexity index is 1010. The number of aromatic nitrogens is 2. The monoisotopic (exact) mass is 360 g/mol. The molecule has 0 fully saturated rings. The first kappa shape index (κ1) is 16.9. The summed E-state index contributed by atoms with van der Waals surface area (Å²) in [5.41, 5.74) is 1.79. The summed E-state index contributed by atoms with van der Waals surface area (Å²) in [6.45, 7) is 0.416. The van der Waals surface area contributed by atoms with Crippen molar-refractivity contribution in [3.05, 3.63) is 58.4 Å². The smallest absolute Gasteiger partial charge is 0.293 e. The molecule has 8 nitrogen and oxygen atoms in total. The number of imidazole rings is 1. The maximum absolute atomic E-state index is 11.5. The molecule has 3 rings (SSSR count). The molecule has 0 aliphatic carbocycles. The van der Waals surface area contributed by atoms with Crippen LogP contribution in [-0.2, 0) is 16.3 Å². The number of nitro groups is 1. The standard InChI is InChI=1S/C16H16N4O4S/c1-25(23,24)11-6-7-14(15(10-11)20(21)22)17-9-8-16-18-12-4-2-3-5-13(12)19-16/h2-7,10,17H,8-9H2,1H3,(H,18,19). The van der Waals surface area contributed by atoms with Gasteiger partial charge in [0, 0.05) is 25.3 Å². The van der Waals surface area contributed by atoms with Gasteiger partial charge in [0.05, 0.1) is 20.9 Å². The molecule has 130 valence electrons. The van der Waals surface area contributed by atoms with E-state index >= 15 is 0 Å². The van der Waals surface area contributed by atoms with E-state index in [0.29, 0.717) is 13.0 Å². The van der Waals surface area contributed by atoms with Crippen molar-refractivity contribution < 1.29 is 13.3 Å². The summed E-state index contributed by atoms with van der Waals surface area (Å²) in [6.07, 6.45) is 1.56. The van der Waals surface area contributed by atoms with Crippen molar-refractivity contribution in [1.82, 2.24) is 9.97 Å². The molecule has 0 aliphatic rings. The third-order valence-corrected chi connectivity index (χ3v) is 4.82. The molecule has 0 spiro atoms. The zero-order valence-electron chi connectivity index (χ0n) is 13.4. The molecule has 0 amide bonds. The Labute approximate surface area is 144 Å². The van der Waals surface area contributed by atoms with Crippen molar-refractivity contribution in [1.29, 1.82) is 0 Å². The van der Waals surface area contributed by atoms with Crippen molar-refractivity contribution in [2.75, 3.05) is 18.1 Å². The molecule has 0 radical (unpaired) electrons. The van der Waals surface area contributed by atoms with Crippen molar-refractivity contribution >= 4 is 32.2 Å². The summed E-state index contributed by atoms with van der Waals surface area (Å²) < 4.78 is 23.1. The number of nitrogens with zero attached hydrogens (tertiary/aromatic N) is 2. The van der Waals surface area contributed by atoms with Crippen LogP contribution in [0.15, 0.2) is 47.4 Å². The van der Waals surface area contributed by atoms with Crippen LogP contribution in [0.3, 0.4) is 0 Å². The van der Waals surface area contributed by atoms with Gasteiger partial charge in [-0.25, -0.2) is 13.4 Å². The molecule has 0 bridgehead atoms. The fourth-order valence-electron chi connectivity index (χ4n) is 2.48. The van der Waals surface area contributed by atoms with Gasteiger partial charge < -0.3 is 10.3 Å². The number of fused-ring (bicyclic) bond motifs is 1. The summed E-state index contributed by atoms with van der Waals surface area (Å²) in [5.74, 6) is 0.768. The highest BCUT2D eigenvalue weighted by atomic mass is 32.2. The number of para-hydroxylation sites is 2. The number of aromatic amines is 1. The van der Waals surface area contributed by atoms with Gasteiger partial charge in [0.1, 0.15) is 11.5 Å². The Balaban J connectivity index is 1.75. The molecular weight excluding hydrogens is 344 g/mol. The minimum Gasteiger partial charge on any atom is -0.379 e. The lowest BCUT2D eigenvalue weighted by atomic mass is 10.2. The second-order valence-corrected chi connectivity index (χ2v) is 7.60. The summed E-state index contributed by atoms with van der Waals surface area (Å²) in [7, 11) is -3.50. The van der Waals surface area contributed by atoms with Gasteiger partial charge in [-0.2, -0.15) is 0 Å². The van der Waals surface area contributed by atoms with E-state index in [1.165, 1.54) is 12.1 Å². The highest BCUT2D eigenvalue weighted by Crippen LogP contribution is 2.27. The third-order valence-electron chi connectivity index (χ3n) is 3.71. The Morgan fingerprint density at radius 3 is 2.68 bits per heavy atom. The molecule has 1 aromatic heterocycles. The average molecular weight is 360 g/mol. The van der Waals surface area contributed by atoms with Crippen LogP contribution in [0, 0.1) is 10.1 Å². The molecule has 0 aliphatic heterocycles. The first-order valence-electron chi connectivity index (χ1n) is 7.50. The third kappa shape index (κ3) is 3.77. The summed E-state index contributed by atoms with van der Waals surface area (Å²) in [5, 5.41) is 14.2. The highest BCUT2D eigenvalue weighted by molar-refractivity contribution is 7.90. The molecule has 2 N–H and O–H groups in total. The minimum atomic E-state index is -3.50. The number of hydrogen-bond acceptors (Lipinski definition) is 6. The molecule has 9 heteroatoms. The number of nitro benzene ring substituents is 1. The molecule has 3 aromatic rings. The molecule has 0 unspecified atom stereocenters. The quantitative estimate of drug-likeness (QED) is 0.515. The molecular formula is C16H16N4O4S. The Kier molecular flexibility index (Phi) is 4.41. The van der Waals surface area contributed by atoms with E-state index < -0.39 is 14.8 Å². The molecule has 1 heterocycles. The maximum atomic E-state index is 11.5. The normalized spacial score (nSPS) is 11.6. The fourth-order valence-corrected chi connectivity index (χ4v) is 3.12. The number of H-pyrrole nitrogens is 1. The van der Waals surface area contributed by atoms with Crippen molar-refractivity contribution in [2.45, 2.75) is 11.3 Å². The summed E-state index contributed by atoms with van der Waals surface area (Å²) >= 11 is 0. The van der Waals surface area contributed by atoms with E-state index in [0.717, 1.165) is 29.2 Å². The Morgan fingerprint density at radius 2 is 2.00 bits per heavy atom. The van der Waals surface area contributed by atoms with E-state index in [1.807, 2.05) is 24.3 Å². The zero-order chi connectivity index (χ0) is 18.0. The van der Waals surface area contributed by atoms with E-state index in [-0.39, 0.29) is 16.3 Å². The minimum absolute atomic E-state index is 0.0814. The second-order valence-electron chi connectivity index (χ2n) is 5.59. The van der Waals surface area contributed by atoms with Crippen LogP contribution in [0.2, 0.25) is 0 Å². The molecule has 2 aromatic carbocycles. The average Bonchev–Trinajstić information content (AvgIpc) is 2.96. The zero-order valence-corrected chi connectivity index (χ0v) is 14.2. The predicted octanol–water partition coefficient (Wildman–Crippen LogP) is 2.53. The van der Waals surface area contributed by atoms with E-state index in [9.17, 15) is 18.5 Å². The molecule has 0 atom stereocenters. The lowest BCUT2D eigenvalue weighted by Gasteiger charge is -2.07. The molecule has 25 heavy (non-hydrogen) atoms. The van der Waals surface area contributed by atoms with Crippen LogP contribution in [0.5, 0.6) is 0 Å². The molecule has 0 saturated carbocycles. The Hall–Kier alpha value is -2.94. The van der Waals surface area contributed by atoms with Crippen molar-refractivity contribution in [3.8, 4) is 0 Å². The van der Waals surface area contributed by atoms with Crippen LogP contribution in [-0.4, -0.2) is 36.1 Å². The SMILES string of the molecule is CS(=O)(=O)c1ccc(NCCc2nc3ccccc3[nH]2)c([N+](=O)[O-])c1. The van der Waals surface area contributed by atoms with Crippen LogP contribution < -0.4 is 5.32 Å². The van der Waals surface area contributed by atoms with Crippen LogP contribution in [0.1, 0.15) is 5.82 Å². The number of anilines is 1. The highest BCUT2D eigenvalue weighted by Gasteiger charge is 2.18. The fraction of sp³-hybridized carbons (Fsp3) is 0.188. The number of sulfone groups is 1. The van der Waals surface area contributed by atoms with Gasteiger partial charge >= 0.3 is 0 Å². The van der Waals surface area contributed by atoms with Gasteiger partial charge in [-0.3, -0.25) is 10.1 Å². The lowest BCUT2D eigenvalue weighted by molar-refractivity contribution is -0.384. The summed E-state index contributed by atoms with van der Waals surface area (Å²) in [4.78, 5) is 18.1. The van der Waals surface area contributed by atoms with Gasteiger partial charge in [-0.05, 0) is 24.3 Å². The first-order chi connectivity index (χ1) is 11.8. The van der Waals surface area contributed by atoms with Gasteiger partial charge in [-0.1, -0.05) is 12.1 Å². The first-order valence-corrected chi connectivity index (χ1v) is 9.40. The number of rotatable bonds is 6. The van der Waals surface area contributed by atoms with Crippen molar-refractivity contribution in [3.63, 3.8) is 0 Å². The van der Waals surface area contributed by atoms with Gasteiger partial charge in [0.15, 0.2) is 9.84 Å². The topological polar surface area (TPSA) is 118 Å². The van der Waals surface area contributed by atoms with Crippen LogP contribution in [0.4, 0.5) is 11.4 Å². The molecule has 0 saturated heterocycles. The number of benzene rings is 2. The largest absolute Gasteiger partial charge is 0.379 e.